The van der Waals surface area contributed by atoms with Crippen LogP contribution in [0.2, 0.25) is 0 Å². The SMILES string of the molecule is CCN(CC)C(=O)NCCNC(=O)Cc1ccc(OC)cc1. The number of hydrogen-bond donors (Lipinski definition) is 2. The number of nitrogens with one attached hydrogen (secondary N) is 2. The zero-order valence-electron chi connectivity index (χ0n) is 13.5. The number of urea groups is 1. The Labute approximate surface area is 131 Å². The number of amides is 3. The number of nitrogens with zero attached hydrogens (tertiary/aromatic N) is 1. The Kier molecular flexibility index (Phi) is 7.81. The van der Waals surface area contributed by atoms with Crippen LogP contribution in [0.3, 0.4) is 0 Å². The van der Waals surface area contributed by atoms with Crippen LogP contribution >= 0.6 is 0 Å². The van der Waals surface area contributed by atoms with Crippen LogP contribution < -0.4 is 15.4 Å². The van der Waals surface area contributed by atoms with E-state index in [-0.39, 0.29) is 11.9 Å². The lowest BCUT2D eigenvalue weighted by atomic mass is 10.1. The first kappa shape index (κ1) is 17.8. The maximum absolute atomic E-state index is 11.8. The van der Waals surface area contributed by atoms with Gasteiger partial charge in [-0.3, -0.25) is 4.79 Å². The molecule has 6 nitrogen and oxygen atoms in total. The van der Waals surface area contributed by atoms with Gasteiger partial charge < -0.3 is 20.3 Å². The molecule has 0 spiro atoms. The Morgan fingerprint density at radius 3 is 2.18 bits per heavy atom. The van der Waals surface area contributed by atoms with Gasteiger partial charge in [0.25, 0.3) is 0 Å². The van der Waals surface area contributed by atoms with Gasteiger partial charge in [0.1, 0.15) is 5.75 Å². The van der Waals surface area contributed by atoms with Crippen LogP contribution in [-0.2, 0) is 11.2 Å². The highest BCUT2D eigenvalue weighted by molar-refractivity contribution is 5.78. The summed E-state index contributed by atoms with van der Waals surface area (Å²) in [6.07, 6.45) is 0.313. The molecule has 0 radical (unpaired) electrons. The third kappa shape index (κ3) is 6.03. The highest BCUT2D eigenvalue weighted by Gasteiger charge is 2.08. The zero-order valence-corrected chi connectivity index (χ0v) is 13.5. The molecule has 0 aliphatic rings. The van der Waals surface area contributed by atoms with Crippen molar-refractivity contribution in [3.05, 3.63) is 29.8 Å². The van der Waals surface area contributed by atoms with E-state index in [2.05, 4.69) is 10.6 Å². The van der Waals surface area contributed by atoms with E-state index in [9.17, 15) is 9.59 Å². The summed E-state index contributed by atoms with van der Waals surface area (Å²) in [5.74, 6) is 0.700. The number of rotatable bonds is 8. The van der Waals surface area contributed by atoms with Crippen molar-refractivity contribution in [2.45, 2.75) is 20.3 Å². The summed E-state index contributed by atoms with van der Waals surface area (Å²) in [6, 6.07) is 7.27. The number of methoxy groups -OCH3 is 1. The number of ether oxygens (including phenoxy) is 1. The smallest absolute Gasteiger partial charge is 0.317 e. The lowest BCUT2D eigenvalue weighted by molar-refractivity contribution is -0.120. The van der Waals surface area contributed by atoms with Crippen molar-refractivity contribution in [2.75, 3.05) is 33.3 Å². The van der Waals surface area contributed by atoms with Crippen LogP contribution in [-0.4, -0.2) is 50.1 Å². The molecule has 0 saturated carbocycles. The molecular weight excluding hydrogens is 282 g/mol. The number of hydrogen-bond acceptors (Lipinski definition) is 3. The topological polar surface area (TPSA) is 70.7 Å². The number of carbonyl (C=O) groups excluding carboxylic acids is 2. The van der Waals surface area contributed by atoms with E-state index in [0.29, 0.717) is 32.6 Å². The van der Waals surface area contributed by atoms with Crippen molar-refractivity contribution in [3.63, 3.8) is 0 Å². The van der Waals surface area contributed by atoms with E-state index >= 15 is 0 Å². The van der Waals surface area contributed by atoms with Crippen LogP contribution in [0.4, 0.5) is 4.79 Å². The van der Waals surface area contributed by atoms with Gasteiger partial charge in [0.2, 0.25) is 5.91 Å². The molecule has 0 unspecified atom stereocenters. The normalized spacial score (nSPS) is 9.95. The fourth-order valence-corrected chi connectivity index (χ4v) is 1.99. The van der Waals surface area contributed by atoms with Crippen LogP contribution in [0.1, 0.15) is 19.4 Å². The zero-order chi connectivity index (χ0) is 16.4. The van der Waals surface area contributed by atoms with Crippen molar-refractivity contribution >= 4 is 11.9 Å². The second-order valence-corrected chi connectivity index (χ2v) is 4.78. The maximum atomic E-state index is 11.8. The fraction of sp³-hybridized carbons (Fsp3) is 0.500. The number of carbonyl (C=O) groups is 2. The minimum absolute atomic E-state index is 0.0674. The number of benzene rings is 1. The highest BCUT2D eigenvalue weighted by atomic mass is 16.5. The van der Waals surface area contributed by atoms with Gasteiger partial charge >= 0.3 is 6.03 Å². The minimum Gasteiger partial charge on any atom is -0.497 e. The van der Waals surface area contributed by atoms with Gasteiger partial charge in [-0.15, -0.1) is 0 Å². The first-order chi connectivity index (χ1) is 10.6. The van der Waals surface area contributed by atoms with E-state index in [4.69, 9.17) is 4.74 Å². The molecule has 6 heteroatoms. The first-order valence-corrected chi connectivity index (χ1v) is 7.53. The molecule has 22 heavy (non-hydrogen) atoms. The first-order valence-electron chi connectivity index (χ1n) is 7.53. The molecule has 0 aliphatic heterocycles. The van der Waals surface area contributed by atoms with Gasteiger partial charge in [-0.25, -0.2) is 4.79 Å². The average molecular weight is 307 g/mol. The standard InChI is InChI=1S/C16H25N3O3/c1-4-19(5-2)16(21)18-11-10-17-15(20)12-13-6-8-14(22-3)9-7-13/h6-9H,4-5,10-12H2,1-3H3,(H,17,20)(H,18,21). The largest absolute Gasteiger partial charge is 0.497 e. The van der Waals surface area contributed by atoms with E-state index < -0.39 is 0 Å². The molecule has 0 saturated heterocycles. The molecule has 1 rings (SSSR count). The molecule has 0 aliphatic carbocycles. The quantitative estimate of drug-likeness (QED) is 0.713. The second-order valence-electron chi connectivity index (χ2n) is 4.78. The van der Waals surface area contributed by atoms with Gasteiger partial charge in [0.05, 0.1) is 13.5 Å². The van der Waals surface area contributed by atoms with Crippen molar-refractivity contribution < 1.29 is 14.3 Å². The van der Waals surface area contributed by atoms with Crippen LogP contribution in [0.25, 0.3) is 0 Å². The van der Waals surface area contributed by atoms with Gasteiger partial charge in [-0.2, -0.15) is 0 Å². The molecule has 1 aromatic rings. The Balaban J connectivity index is 2.24. The summed E-state index contributed by atoms with van der Waals surface area (Å²) in [7, 11) is 1.61. The van der Waals surface area contributed by atoms with Crippen LogP contribution in [0.5, 0.6) is 5.75 Å². The predicted molar refractivity (Wildman–Crippen MR) is 86.0 cm³/mol. The molecule has 0 fully saturated rings. The van der Waals surface area contributed by atoms with Crippen molar-refractivity contribution in [3.8, 4) is 5.75 Å². The minimum atomic E-state index is -0.102. The molecular formula is C16H25N3O3. The molecule has 0 aromatic heterocycles. The lowest BCUT2D eigenvalue weighted by Crippen LogP contribution is -2.43. The second kappa shape index (κ2) is 9.65. The third-order valence-electron chi connectivity index (χ3n) is 3.30. The predicted octanol–water partition coefficient (Wildman–Crippen LogP) is 1.41. The molecule has 0 heterocycles. The maximum Gasteiger partial charge on any atom is 0.317 e. The molecule has 122 valence electrons. The summed E-state index contributed by atoms with van der Waals surface area (Å²) < 4.78 is 5.07. The molecule has 0 bridgehead atoms. The van der Waals surface area contributed by atoms with Gasteiger partial charge in [-0.05, 0) is 31.5 Å². The van der Waals surface area contributed by atoms with E-state index in [1.54, 1.807) is 12.0 Å². The van der Waals surface area contributed by atoms with E-state index in [1.807, 2.05) is 38.1 Å². The van der Waals surface area contributed by atoms with Gasteiger partial charge in [0, 0.05) is 26.2 Å². The molecule has 2 N–H and O–H groups in total. The van der Waals surface area contributed by atoms with Crippen molar-refractivity contribution in [1.29, 1.82) is 0 Å². The fourth-order valence-electron chi connectivity index (χ4n) is 1.99. The Bertz CT molecular complexity index is 470. The van der Waals surface area contributed by atoms with Crippen LogP contribution in [0, 0.1) is 0 Å². The van der Waals surface area contributed by atoms with E-state index in [1.165, 1.54) is 0 Å². The van der Waals surface area contributed by atoms with Crippen molar-refractivity contribution in [1.82, 2.24) is 15.5 Å². The molecule has 1 aromatic carbocycles. The molecule has 0 atom stereocenters. The summed E-state index contributed by atoms with van der Waals surface area (Å²) in [5.41, 5.74) is 0.922. The summed E-state index contributed by atoms with van der Waals surface area (Å²) in [5, 5.41) is 5.56. The average Bonchev–Trinajstić information content (AvgIpc) is 2.53. The van der Waals surface area contributed by atoms with Gasteiger partial charge in [-0.1, -0.05) is 12.1 Å². The van der Waals surface area contributed by atoms with Crippen molar-refractivity contribution in [2.24, 2.45) is 0 Å². The Hall–Kier alpha value is -2.24. The van der Waals surface area contributed by atoms with Crippen LogP contribution in [0.15, 0.2) is 24.3 Å². The lowest BCUT2D eigenvalue weighted by Gasteiger charge is -2.19. The summed E-state index contributed by atoms with van der Waals surface area (Å²) in [4.78, 5) is 25.2. The Morgan fingerprint density at radius 2 is 1.64 bits per heavy atom. The monoisotopic (exact) mass is 307 g/mol. The van der Waals surface area contributed by atoms with E-state index in [0.717, 1.165) is 11.3 Å². The molecule has 3 amide bonds. The Morgan fingerprint density at radius 1 is 1.05 bits per heavy atom. The third-order valence-corrected chi connectivity index (χ3v) is 3.30. The summed E-state index contributed by atoms with van der Waals surface area (Å²) in [6.45, 7) is 6.05. The highest BCUT2D eigenvalue weighted by Crippen LogP contribution is 2.11. The summed E-state index contributed by atoms with van der Waals surface area (Å²) >= 11 is 0. The van der Waals surface area contributed by atoms with Gasteiger partial charge in [0.15, 0.2) is 0 Å².